The molecule has 2 fully saturated rings. The van der Waals surface area contributed by atoms with Gasteiger partial charge in [0, 0.05) is 36.1 Å². The van der Waals surface area contributed by atoms with Gasteiger partial charge >= 0.3 is 5.97 Å². The minimum atomic E-state index is -0.419. The minimum absolute atomic E-state index is 0.127. The molecule has 1 aromatic heterocycles. The molecule has 2 aliphatic rings. The SMILES string of the molecule is COC(=O)[C@@H]1C[C@H](NC(=O)c2cc(C3CC3)nc3ccccc23)CN1Cc1cccc(OC)c1. The number of ether oxygens (including phenoxy) is 2. The van der Waals surface area contributed by atoms with E-state index in [-0.39, 0.29) is 17.9 Å². The number of hydrogen-bond donors (Lipinski definition) is 1. The Balaban J connectivity index is 1.36. The number of esters is 1. The summed E-state index contributed by atoms with van der Waals surface area (Å²) in [6.07, 6.45) is 2.74. The summed E-state index contributed by atoms with van der Waals surface area (Å²) in [6.45, 7) is 1.12. The van der Waals surface area contributed by atoms with E-state index in [1.165, 1.54) is 7.11 Å². The van der Waals surface area contributed by atoms with E-state index in [1.54, 1.807) is 7.11 Å². The van der Waals surface area contributed by atoms with Gasteiger partial charge in [0.25, 0.3) is 5.91 Å². The number of pyridine rings is 1. The van der Waals surface area contributed by atoms with Crippen molar-refractivity contribution in [2.75, 3.05) is 20.8 Å². The molecule has 1 aliphatic heterocycles. The molecule has 0 bridgehead atoms. The normalized spacial score (nSPS) is 20.3. The second-order valence-electron chi connectivity index (χ2n) is 9.11. The maximum absolute atomic E-state index is 13.4. The highest BCUT2D eigenvalue weighted by Crippen LogP contribution is 2.40. The van der Waals surface area contributed by atoms with Crippen LogP contribution in [0.15, 0.2) is 54.6 Å². The van der Waals surface area contributed by atoms with Gasteiger partial charge in [-0.2, -0.15) is 0 Å². The third-order valence-corrected chi connectivity index (χ3v) is 6.71. The molecule has 2 aromatic carbocycles. The number of aromatic nitrogens is 1. The molecule has 34 heavy (non-hydrogen) atoms. The lowest BCUT2D eigenvalue weighted by molar-refractivity contribution is -0.146. The molecule has 0 radical (unpaired) electrons. The van der Waals surface area contributed by atoms with Crippen LogP contribution in [0.2, 0.25) is 0 Å². The van der Waals surface area contributed by atoms with E-state index in [0.29, 0.717) is 31.0 Å². The monoisotopic (exact) mass is 459 g/mol. The Morgan fingerprint density at radius 1 is 1.09 bits per heavy atom. The fraction of sp³-hybridized carbons (Fsp3) is 0.370. The molecular formula is C27H29N3O4. The molecule has 1 N–H and O–H groups in total. The van der Waals surface area contributed by atoms with Gasteiger partial charge in [0.15, 0.2) is 0 Å². The lowest BCUT2D eigenvalue weighted by Gasteiger charge is -2.22. The first kappa shape index (κ1) is 22.3. The van der Waals surface area contributed by atoms with Gasteiger partial charge in [0.1, 0.15) is 11.8 Å². The lowest BCUT2D eigenvalue weighted by atomic mass is 10.0. The maximum atomic E-state index is 13.4. The van der Waals surface area contributed by atoms with E-state index in [0.717, 1.165) is 40.8 Å². The summed E-state index contributed by atoms with van der Waals surface area (Å²) < 4.78 is 10.4. The van der Waals surface area contributed by atoms with Gasteiger partial charge < -0.3 is 14.8 Å². The highest BCUT2D eigenvalue weighted by atomic mass is 16.5. The van der Waals surface area contributed by atoms with Gasteiger partial charge in [-0.3, -0.25) is 19.5 Å². The Morgan fingerprint density at radius 2 is 1.91 bits per heavy atom. The number of nitrogens with zero attached hydrogens (tertiary/aromatic N) is 2. The van der Waals surface area contributed by atoms with Crippen LogP contribution in [0.3, 0.4) is 0 Å². The Kier molecular flexibility index (Phi) is 6.20. The summed E-state index contributed by atoms with van der Waals surface area (Å²) in [5.74, 6) is 0.805. The second kappa shape index (κ2) is 9.43. The number of para-hydroxylation sites is 1. The van der Waals surface area contributed by atoms with E-state index < -0.39 is 6.04 Å². The fourth-order valence-corrected chi connectivity index (χ4v) is 4.80. The van der Waals surface area contributed by atoms with Crippen molar-refractivity contribution < 1.29 is 19.1 Å². The van der Waals surface area contributed by atoms with Gasteiger partial charge in [-0.05, 0) is 49.1 Å². The molecule has 7 heteroatoms. The zero-order valence-electron chi connectivity index (χ0n) is 19.5. The smallest absolute Gasteiger partial charge is 0.323 e. The van der Waals surface area contributed by atoms with Crippen molar-refractivity contribution in [1.29, 1.82) is 0 Å². The highest BCUT2D eigenvalue weighted by molar-refractivity contribution is 6.06. The van der Waals surface area contributed by atoms with Crippen LogP contribution in [-0.2, 0) is 16.1 Å². The van der Waals surface area contributed by atoms with E-state index in [9.17, 15) is 9.59 Å². The first-order valence-corrected chi connectivity index (χ1v) is 11.7. The lowest BCUT2D eigenvalue weighted by Crippen LogP contribution is -2.37. The van der Waals surface area contributed by atoms with Crippen LogP contribution in [0.4, 0.5) is 0 Å². The number of fused-ring (bicyclic) bond motifs is 1. The first-order valence-electron chi connectivity index (χ1n) is 11.7. The van der Waals surface area contributed by atoms with Crippen LogP contribution in [0, 0.1) is 0 Å². The van der Waals surface area contributed by atoms with Crippen LogP contribution in [0.25, 0.3) is 10.9 Å². The Hall–Kier alpha value is -3.45. The fourth-order valence-electron chi connectivity index (χ4n) is 4.80. The van der Waals surface area contributed by atoms with Crippen LogP contribution < -0.4 is 10.1 Å². The summed E-state index contributed by atoms with van der Waals surface area (Å²) in [6, 6.07) is 16.9. The van der Waals surface area contributed by atoms with Crippen molar-refractivity contribution in [1.82, 2.24) is 15.2 Å². The van der Waals surface area contributed by atoms with Crippen LogP contribution in [0.1, 0.15) is 46.8 Å². The number of hydrogen-bond acceptors (Lipinski definition) is 6. The predicted octanol–water partition coefficient (Wildman–Crippen LogP) is 3.67. The quantitative estimate of drug-likeness (QED) is 0.543. The maximum Gasteiger partial charge on any atom is 0.323 e. The van der Waals surface area contributed by atoms with Crippen molar-refractivity contribution in [2.45, 2.75) is 43.8 Å². The number of nitrogens with one attached hydrogen (secondary N) is 1. The number of carbonyl (C=O) groups is 2. The highest BCUT2D eigenvalue weighted by Gasteiger charge is 2.38. The van der Waals surface area contributed by atoms with E-state index in [1.807, 2.05) is 54.6 Å². The number of rotatable bonds is 7. The van der Waals surface area contributed by atoms with Crippen LogP contribution >= 0.6 is 0 Å². The van der Waals surface area contributed by atoms with Crippen molar-refractivity contribution in [3.05, 3.63) is 71.4 Å². The Bertz CT molecular complexity index is 1220. The van der Waals surface area contributed by atoms with Gasteiger partial charge in [0.2, 0.25) is 0 Å². The van der Waals surface area contributed by atoms with Crippen molar-refractivity contribution in [3.8, 4) is 5.75 Å². The van der Waals surface area contributed by atoms with Crippen molar-refractivity contribution in [2.24, 2.45) is 0 Å². The predicted molar refractivity (Wildman–Crippen MR) is 129 cm³/mol. The molecule has 5 rings (SSSR count). The zero-order chi connectivity index (χ0) is 23.7. The summed E-state index contributed by atoms with van der Waals surface area (Å²) in [4.78, 5) is 32.8. The standard InChI is InChI=1S/C27H29N3O4/c1-33-20-7-5-6-17(12-20)15-30-16-19(13-25(30)27(32)34-2)28-26(31)22-14-24(18-10-11-18)29-23-9-4-3-8-21(22)23/h3-9,12,14,18-19,25H,10-11,13,15-16H2,1-2H3,(H,28,31)/t19-,25-/m0/s1. The molecule has 3 aromatic rings. The number of benzene rings is 2. The van der Waals surface area contributed by atoms with Gasteiger partial charge in [0.05, 0.1) is 25.3 Å². The van der Waals surface area contributed by atoms with Crippen LogP contribution in [-0.4, -0.2) is 54.6 Å². The summed E-state index contributed by atoms with van der Waals surface area (Å²) in [5, 5.41) is 4.03. The molecule has 2 heterocycles. The summed E-state index contributed by atoms with van der Waals surface area (Å²) in [7, 11) is 3.04. The molecule has 0 spiro atoms. The molecule has 0 unspecified atom stereocenters. The number of carbonyl (C=O) groups excluding carboxylic acids is 2. The molecule has 1 amide bonds. The topological polar surface area (TPSA) is 80.8 Å². The second-order valence-corrected chi connectivity index (χ2v) is 9.11. The first-order chi connectivity index (χ1) is 16.6. The minimum Gasteiger partial charge on any atom is -0.497 e. The van der Waals surface area contributed by atoms with Crippen molar-refractivity contribution in [3.63, 3.8) is 0 Å². The van der Waals surface area contributed by atoms with E-state index in [4.69, 9.17) is 14.5 Å². The van der Waals surface area contributed by atoms with E-state index in [2.05, 4.69) is 10.2 Å². The molecule has 1 aliphatic carbocycles. The Morgan fingerprint density at radius 3 is 2.68 bits per heavy atom. The molecule has 2 atom stereocenters. The number of likely N-dealkylation sites (tertiary alicyclic amines) is 1. The van der Waals surface area contributed by atoms with Gasteiger partial charge in [-0.15, -0.1) is 0 Å². The van der Waals surface area contributed by atoms with Crippen LogP contribution in [0.5, 0.6) is 5.75 Å². The van der Waals surface area contributed by atoms with Crippen molar-refractivity contribution >= 4 is 22.8 Å². The summed E-state index contributed by atoms with van der Waals surface area (Å²) in [5.41, 5.74) is 3.51. The molecule has 1 saturated heterocycles. The van der Waals surface area contributed by atoms with Gasteiger partial charge in [-0.1, -0.05) is 30.3 Å². The largest absolute Gasteiger partial charge is 0.497 e. The molecule has 7 nitrogen and oxygen atoms in total. The molecule has 1 saturated carbocycles. The third-order valence-electron chi connectivity index (χ3n) is 6.71. The molecular weight excluding hydrogens is 430 g/mol. The average molecular weight is 460 g/mol. The zero-order valence-corrected chi connectivity index (χ0v) is 19.5. The average Bonchev–Trinajstić information content (AvgIpc) is 3.65. The van der Waals surface area contributed by atoms with E-state index >= 15 is 0 Å². The number of methoxy groups -OCH3 is 2. The number of amides is 1. The molecule has 176 valence electrons. The third kappa shape index (κ3) is 4.61. The Labute approximate surface area is 199 Å². The van der Waals surface area contributed by atoms with Gasteiger partial charge in [-0.25, -0.2) is 0 Å². The summed E-state index contributed by atoms with van der Waals surface area (Å²) >= 11 is 0.